The van der Waals surface area contributed by atoms with Crippen LogP contribution in [0.5, 0.6) is 0 Å². The number of nitrogens with one attached hydrogen (secondary N) is 1. The summed E-state index contributed by atoms with van der Waals surface area (Å²) in [4.78, 5) is 0. The van der Waals surface area contributed by atoms with Gasteiger partial charge in [-0.25, -0.2) is 0 Å². The average molecular weight is 312 g/mol. The molecule has 1 atom stereocenters. The zero-order chi connectivity index (χ0) is 14.5. The van der Waals surface area contributed by atoms with Crippen LogP contribution in [0.1, 0.15) is 30.6 Å². The van der Waals surface area contributed by atoms with Crippen LogP contribution in [-0.2, 0) is 13.5 Å². The minimum atomic E-state index is 0.239. The van der Waals surface area contributed by atoms with E-state index in [9.17, 15) is 0 Å². The molecule has 1 heterocycles. The molecular weight excluding hydrogens is 293 g/mol. The molecule has 108 valence electrons. The lowest BCUT2D eigenvalue weighted by Crippen LogP contribution is -2.23. The quantitative estimate of drug-likeness (QED) is 0.873. The van der Waals surface area contributed by atoms with Crippen molar-refractivity contribution in [3.05, 3.63) is 51.8 Å². The third kappa shape index (κ3) is 3.98. The summed E-state index contributed by atoms with van der Waals surface area (Å²) in [5, 5.41) is 9.28. The molecule has 0 saturated carbocycles. The number of nitrogens with zero attached hydrogens (tertiary/aromatic N) is 2. The summed E-state index contributed by atoms with van der Waals surface area (Å²) in [6, 6.07) is 7.95. The highest BCUT2D eigenvalue weighted by molar-refractivity contribution is 6.35. The summed E-state index contributed by atoms with van der Waals surface area (Å²) < 4.78 is 1.82. The highest BCUT2D eigenvalue weighted by Gasteiger charge is 2.12. The molecule has 1 aromatic carbocycles. The number of aromatic nitrogens is 2. The van der Waals surface area contributed by atoms with Crippen molar-refractivity contribution in [3.63, 3.8) is 0 Å². The van der Waals surface area contributed by atoms with Crippen LogP contribution in [0.4, 0.5) is 0 Å². The van der Waals surface area contributed by atoms with E-state index in [4.69, 9.17) is 23.2 Å². The minimum absolute atomic E-state index is 0.239. The standard InChI is InChI=1S/C15H19Cl2N3/c1-3-15(13-5-4-11(16)10-14(13)17)18-8-6-12-7-9-20(2)19-12/h4-5,7,9-10,15,18H,3,6,8H2,1-2H3. The van der Waals surface area contributed by atoms with Crippen molar-refractivity contribution in [1.82, 2.24) is 15.1 Å². The smallest absolute Gasteiger partial charge is 0.0637 e. The predicted octanol–water partition coefficient (Wildman–Crippen LogP) is 4.01. The molecule has 20 heavy (non-hydrogen) atoms. The molecule has 1 unspecified atom stereocenters. The highest BCUT2D eigenvalue weighted by Crippen LogP contribution is 2.27. The van der Waals surface area contributed by atoms with E-state index in [1.807, 2.05) is 36.1 Å². The Hall–Kier alpha value is -1.03. The Balaban J connectivity index is 1.95. The van der Waals surface area contributed by atoms with Gasteiger partial charge in [0.15, 0.2) is 0 Å². The zero-order valence-electron chi connectivity index (χ0n) is 11.7. The number of benzene rings is 1. The Morgan fingerprint density at radius 1 is 1.30 bits per heavy atom. The first-order valence-corrected chi connectivity index (χ1v) is 7.52. The Kier molecular flexibility index (Phi) is 5.46. The normalized spacial score (nSPS) is 12.6. The van der Waals surface area contributed by atoms with Gasteiger partial charge in [0, 0.05) is 42.3 Å². The van der Waals surface area contributed by atoms with Gasteiger partial charge < -0.3 is 5.32 Å². The van der Waals surface area contributed by atoms with Gasteiger partial charge in [-0.2, -0.15) is 5.10 Å². The summed E-state index contributed by atoms with van der Waals surface area (Å²) >= 11 is 12.2. The van der Waals surface area contributed by atoms with E-state index >= 15 is 0 Å². The van der Waals surface area contributed by atoms with Crippen molar-refractivity contribution in [1.29, 1.82) is 0 Å². The molecule has 0 bridgehead atoms. The molecule has 0 aliphatic rings. The molecular formula is C15H19Cl2N3. The summed E-state index contributed by atoms with van der Waals surface area (Å²) in [7, 11) is 1.93. The Bertz CT molecular complexity index is 566. The van der Waals surface area contributed by atoms with Crippen molar-refractivity contribution < 1.29 is 0 Å². The molecule has 0 fully saturated rings. The Morgan fingerprint density at radius 3 is 2.70 bits per heavy atom. The van der Waals surface area contributed by atoms with Crippen LogP contribution in [0.2, 0.25) is 10.0 Å². The monoisotopic (exact) mass is 311 g/mol. The van der Waals surface area contributed by atoms with E-state index in [2.05, 4.69) is 17.3 Å². The molecule has 2 rings (SSSR count). The average Bonchev–Trinajstić information content (AvgIpc) is 2.81. The lowest BCUT2D eigenvalue weighted by atomic mass is 10.0. The van der Waals surface area contributed by atoms with Gasteiger partial charge in [-0.1, -0.05) is 36.2 Å². The summed E-state index contributed by atoms with van der Waals surface area (Å²) in [6.07, 6.45) is 3.84. The third-order valence-electron chi connectivity index (χ3n) is 3.29. The van der Waals surface area contributed by atoms with E-state index in [-0.39, 0.29) is 6.04 Å². The van der Waals surface area contributed by atoms with Gasteiger partial charge in [0.05, 0.1) is 5.69 Å². The van der Waals surface area contributed by atoms with E-state index < -0.39 is 0 Å². The van der Waals surface area contributed by atoms with Crippen molar-refractivity contribution in [2.24, 2.45) is 7.05 Å². The van der Waals surface area contributed by atoms with Crippen LogP contribution in [0.15, 0.2) is 30.5 Å². The molecule has 1 N–H and O–H groups in total. The van der Waals surface area contributed by atoms with E-state index in [1.54, 1.807) is 6.07 Å². The van der Waals surface area contributed by atoms with Crippen LogP contribution in [0, 0.1) is 0 Å². The molecule has 0 saturated heterocycles. The first kappa shape index (κ1) is 15.4. The first-order chi connectivity index (χ1) is 9.60. The first-order valence-electron chi connectivity index (χ1n) is 6.77. The van der Waals surface area contributed by atoms with E-state index in [0.29, 0.717) is 5.02 Å². The van der Waals surface area contributed by atoms with Gasteiger partial charge in [0.2, 0.25) is 0 Å². The van der Waals surface area contributed by atoms with Crippen LogP contribution >= 0.6 is 23.2 Å². The lowest BCUT2D eigenvalue weighted by molar-refractivity contribution is 0.519. The Labute approximate surface area is 129 Å². The fourth-order valence-corrected chi connectivity index (χ4v) is 2.77. The molecule has 1 aromatic heterocycles. The third-order valence-corrected chi connectivity index (χ3v) is 3.85. The van der Waals surface area contributed by atoms with E-state index in [1.165, 1.54) is 0 Å². The maximum Gasteiger partial charge on any atom is 0.0637 e. The van der Waals surface area contributed by atoms with Crippen molar-refractivity contribution >= 4 is 23.2 Å². The van der Waals surface area contributed by atoms with Crippen LogP contribution < -0.4 is 5.32 Å². The van der Waals surface area contributed by atoms with Crippen molar-refractivity contribution in [2.75, 3.05) is 6.54 Å². The second-order valence-electron chi connectivity index (χ2n) is 4.81. The second-order valence-corrected chi connectivity index (χ2v) is 5.66. The van der Waals surface area contributed by atoms with Gasteiger partial charge >= 0.3 is 0 Å². The molecule has 5 heteroatoms. The minimum Gasteiger partial charge on any atom is -0.310 e. The van der Waals surface area contributed by atoms with Crippen LogP contribution in [0.3, 0.4) is 0 Å². The van der Waals surface area contributed by atoms with Gasteiger partial charge in [-0.15, -0.1) is 0 Å². The number of rotatable bonds is 6. The van der Waals surface area contributed by atoms with Crippen LogP contribution in [-0.4, -0.2) is 16.3 Å². The number of hydrogen-bond acceptors (Lipinski definition) is 2. The van der Waals surface area contributed by atoms with Gasteiger partial charge in [-0.3, -0.25) is 4.68 Å². The molecule has 0 radical (unpaired) electrons. The van der Waals surface area contributed by atoms with Crippen LogP contribution in [0.25, 0.3) is 0 Å². The largest absolute Gasteiger partial charge is 0.310 e. The SMILES string of the molecule is CCC(NCCc1ccn(C)n1)c1ccc(Cl)cc1Cl. The highest BCUT2D eigenvalue weighted by atomic mass is 35.5. The van der Waals surface area contributed by atoms with Gasteiger partial charge in [0.25, 0.3) is 0 Å². The zero-order valence-corrected chi connectivity index (χ0v) is 13.2. The molecule has 0 spiro atoms. The summed E-state index contributed by atoms with van der Waals surface area (Å²) in [6.45, 7) is 3.01. The molecule has 0 aliphatic carbocycles. The fourth-order valence-electron chi connectivity index (χ4n) is 2.23. The van der Waals surface area contributed by atoms with Gasteiger partial charge in [-0.05, 0) is 30.2 Å². The maximum absolute atomic E-state index is 6.26. The molecule has 0 aliphatic heterocycles. The molecule has 0 amide bonds. The topological polar surface area (TPSA) is 29.9 Å². The lowest BCUT2D eigenvalue weighted by Gasteiger charge is -2.18. The number of halogens is 2. The molecule has 3 nitrogen and oxygen atoms in total. The van der Waals surface area contributed by atoms with Crippen molar-refractivity contribution in [2.45, 2.75) is 25.8 Å². The maximum atomic E-state index is 6.26. The van der Waals surface area contributed by atoms with Gasteiger partial charge in [0.1, 0.15) is 0 Å². The number of hydrogen-bond donors (Lipinski definition) is 1. The summed E-state index contributed by atoms with van der Waals surface area (Å²) in [5.41, 5.74) is 2.19. The molecule has 2 aromatic rings. The van der Waals surface area contributed by atoms with Crippen molar-refractivity contribution in [3.8, 4) is 0 Å². The Morgan fingerprint density at radius 2 is 2.10 bits per heavy atom. The predicted molar refractivity (Wildman–Crippen MR) is 84.4 cm³/mol. The fraction of sp³-hybridized carbons (Fsp3) is 0.400. The van der Waals surface area contributed by atoms with E-state index in [0.717, 1.165) is 35.7 Å². The summed E-state index contributed by atoms with van der Waals surface area (Å²) in [5.74, 6) is 0. The number of aryl methyl sites for hydroxylation is 1. The second kappa shape index (κ2) is 7.11.